The zero-order valence-corrected chi connectivity index (χ0v) is 15.9. The first-order chi connectivity index (χ1) is 12.6. The molecule has 8 nitrogen and oxygen atoms in total. The molecule has 0 unspecified atom stereocenters. The smallest absolute Gasteiger partial charge is 0.348 e. The third-order valence-corrected chi connectivity index (χ3v) is 3.84. The predicted molar refractivity (Wildman–Crippen MR) is 102 cm³/mol. The molecule has 0 bridgehead atoms. The first kappa shape index (κ1) is 20.2. The molecule has 2 rings (SSSR count). The van der Waals surface area contributed by atoms with Gasteiger partial charge in [-0.2, -0.15) is 0 Å². The van der Waals surface area contributed by atoms with Gasteiger partial charge in [-0.05, 0) is 34.6 Å². The van der Waals surface area contributed by atoms with Crippen LogP contribution in [0.3, 0.4) is 0 Å². The van der Waals surface area contributed by atoms with Crippen LogP contribution in [0.2, 0.25) is 0 Å². The summed E-state index contributed by atoms with van der Waals surface area (Å²) in [5, 5.41) is 19.9. The Hall–Kier alpha value is -3.16. The second-order valence-electron chi connectivity index (χ2n) is 6.30. The first-order valence-electron chi connectivity index (χ1n) is 8.33. The highest BCUT2D eigenvalue weighted by Gasteiger charge is 2.15. The van der Waals surface area contributed by atoms with E-state index in [2.05, 4.69) is 9.98 Å². The molecule has 0 aliphatic heterocycles. The van der Waals surface area contributed by atoms with Crippen molar-refractivity contribution in [1.29, 1.82) is 0 Å². The topological polar surface area (TPSA) is 126 Å². The highest BCUT2D eigenvalue weighted by Crippen LogP contribution is 2.17. The first-order valence-corrected chi connectivity index (χ1v) is 8.33. The van der Waals surface area contributed by atoms with E-state index in [0.29, 0.717) is 22.9 Å². The summed E-state index contributed by atoms with van der Waals surface area (Å²) in [6.45, 7) is 8.28. The van der Waals surface area contributed by atoms with Crippen LogP contribution in [0.15, 0.2) is 40.5 Å². The monoisotopic (exact) mass is 374 g/mol. The summed E-state index contributed by atoms with van der Waals surface area (Å²) in [4.78, 5) is 32.5. The van der Waals surface area contributed by atoms with Crippen molar-refractivity contribution in [2.45, 2.75) is 40.7 Å². The molecule has 0 aliphatic rings. The van der Waals surface area contributed by atoms with Crippen molar-refractivity contribution in [2.75, 3.05) is 6.54 Å². The van der Waals surface area contributed by atoms with Gasteiger partial charge in [0.1, 0.15) is 34.1 Å². The van der Waals surface area contributed by atoms with Crippen molar-refractivity contribution in [3.8, 4) is 11.5 Å². The van der Waals surface area contributed by atoms with Crippen LogP contribution in [0.1, 0.15) is 43.4 Å². The fourth-order valence-corrected chi connectivity index (χ4v) is 2.64. The normalized spacial score (nSPS) is 13.7. The zero-order chi connectivity index (χ0) is 20.3. The minimum absolute atomic E-state index is 0.00461. The van der Waals surface area contributed by atoms with Crippen LogP contribution in [0, 0.1) is 13.8 Å². The largest absolute Gasteiger partial charge is 0.507 e. The Labute approximate surface area is 155 Å². The highest BCUT2D eigenvalue weighted by molar-refractivity contribution is 6.01. The SMILES string of the molecule is CC(=NC[C@@H](C)N=C(C)c1c(O)cc(C)oc1=O)c1c(O)cc(C)oc1=O. The van der Waals surface area contributed by atoms with E-state index in [-0.39, 0.29) is 35.2 Å². The van der Waals surface area contributed by atoms with Gasteiger partial charge in [0.15, 0.2) is 0 Å². The van der Waals surface area contributed by atoms with E-state index < -0.39 is 11.3 Å². The predicted octanol–water partition coefficient (Wildman–Crippen LogP) is 2.33. The Balaban J connectivity index is 2.24. The fourth-order valence-electron chi connectivity index (χ4n) is 2.64. The highest BCUT2D eigenvalue weighted by atomic mass is 16.4. The molecule has 2 heterocycles. The standard InChI is InChI=1S/C19H22N2O6/c1-9(21-13(5)17-15(23)7-11(3)27-19(17)25)8-20-12(4)16-14(22)6-10(2)26-18(16)24/h6-7,9,22-23H,8H2,1-5H3/t9-/m1/s1. The number of aliphatic imine (C=N–C) groups is 2. The van der Waals surface area contributed by atoms with Crippen LogP contribution in [-0.4, -0.2) is 34.2 Å². The summed E-state index contributed by atoms with van der Waals surface area (Å²) < 4.78 is 9.97. The number of nitrogens with zero attached hydrogens (tertiary/aromatic N) is 2. The minimum atomic E-state index is -0.664. The maximum Gasteiger partial charge on any atom is 0.348 e. The third-order valence-electron chi connectivity index (χ3n) is 3.84. The Kier molecular flexibility index (Phi) is 5.99. The summed E-state index contributed by atoms with van der Waals surface area (Å²) in [5.74, 6) is 0.219. The van der Waals surface area contributed by atoms with Gasteiger partial charge in [0.25, 0.3) is 0 Å². The van der Waals surface area contributed by atoms with Gasteiger partial charge in [0.2, 0.25) is 0 Å². The quantitative estimate of drug-likeness (QED) is 0.774. The van der Waals surface area contributed by atoms with Gasteiger partial charge in [-0.15, -0.1) is 0 Å². The molecule has 0 saturated heterocycles. The summed E-state index contributed by atoms with van der Waals surface area (Å²) in [6, 6.07) is 2.35. The van der Waals surface area contributed by atoms with Gasteiger partial charge in [0.05, 0.1) is 24.0 Å². The lowest BCUT2D eigenvalue weighted by atomic mass is 10.1. The van der Waals surface area contributed by atoms with Crippen molar-refractivity contribution in [3.63, 3.8) is 0 Å². The zero-order valence-electron chi connectivity index (χ0n) is 15.9. The molecule has 1 atom stereocenters. The maximum atomic E-state index is 11.9. The minimum Gasteiger partial charge on any atom is -0.507 e. The molecular weight excluding hydrogens is 352 g/mol. The number of aryl methyl sites for hydroxylation is 2. The Bertz CT molecular complexity index is 1030. The lowest BCUT2D eigenvalue weighted by Gasteiger charge is -2.08. The van der Waals surface area contributed by atoms with E-state index in [1.807, 2.05) is 0 Å². The van der Waals surface area contributed by atoms with Crippen LogP contribution in [-0.2, 0) is 0 Å². The van der Waals surface area contributed by atoms with Gasteiger partial charge in [-0.25, -0.2) is 9.59 Å². The van der Waals surface area contributed by atoms with E-state index in [0.717, 1.165) is 0 Å². The van der Waals surface area contributed by atoms with E-state index in [4.69, 9.17) is 8.83 Å². The number of rotatable bonds is 5. The third kappa shape index (κ3) is 4.72. The van der Waals surface area contributed by atoms with Gasteiger partial charge >= 0.3 is 11.3 Å². The van der Waals surface area contributed by atoms with Crippen molar-refractivity contribution < 1.29 is 19.0 Å². The maximum absolute atomic E-state index is 11.9. The van der Waals surface area contributed by atoms with Crippen molar-refractivity contribution >= 4 is 11.4 Å². The number of hydrogen-bond donors (Lipinski definition) is 2. The fraction of sp³-hybridized carbons (Fsp3) is 0.368. The van der Waals surface area contributed by atoms with Crippen LogP contribution >= 0.6 is 0 Å². The van der Waals surface area contributed by atoms with E-state index >= 15 is 0 Å². The average Bonchev–Trinajstić information content (AvgIpc) is 2.50. The Morgan fingerprint density at radius 1 is 0.963 bits per heavy atom. The van der Waals surface area contributed by atoms with Crippen LogP contribution in [0.5, 0.6) is 11.5 Å². The van der Waals surface area contributed by atoms with Gasteiger partial charge < -0.3 is 19.0 Å². The van der Waals surface area contributed by atoms with Crippen LogP contribution in [0.4, 0.5) is 0 Å². The lowest BCUT2D eigenvalue weighted by molar-refractivity contribution is 0.431. The van der Waals surface area contributed by atoms with Crippen molar-refractivity contribution in [2.24, 2.45) is 9.98 Å². The van der Waals surface area contributed by atoms with E-state index in [9.17, 15) is 19.8 Å². The van der Waals surface area contributed by atoms with Gasteiger partial charge in [-0.1, -0.05) is 0 Å². The average molecular weight is 374 g/mol. The van der Waals surface area contributed by atoms with Gasteiger partial charge in [-0.3, -0.25) is 9.98 Å². The molecule has 27 heavy (non-hydrogen) atoms. The molecule has 8 heteroatoms. The van der Waals surface area contributed by atoms with E-state index in [1.165, 1.54) is 12.1 Å². The molecule has 0 amide bonds. The molecule has 2 aromatic rings. The summed E-state index contributed by atoms with van der Waals surface area (Å²) in [5.41, 5.74) is -0.681. The number of hydrogen-bond acceptors (Lipinski definition) is 8. The Morgan fingerprint density at radius 3 is 1.85 bits per heavy atom. The molecule has 0 aromatic carbocycles. The summed E-state index contributed by atoms with van der Waals surface area (Å²) >= 11 is 0. The number of aromatic hydroxyl groups is 2. The second-order valence-corrected chi connectivity index (χ2v) is 6.30. The second kappa shape index (κ2) is 8.03. The molecule has 0 radical (unpaired) electrons. The molecule has 0 aliphatic carbocycles. The van der Waals surface area contributed by atoms with E-state index in [1.54, 1.807) is 34.6 Å². The summed E-state index contributed by atoms with van der Waals surface area (Å²) in [7, 11) is 0. The molecule has 2 aromatic heterocycles. The van der Waals surface area contributed by atoms with Crippen molar-refractivity contribution in [1.82, 2.24) is 0 Å². The lowest BCUT2D eigenvalue weighted by Crippen LogP contribution is -2.17. The molecule has 0 spiro atoms. The van der Waals surface area contributed by atoms with Gasteiger partial charge in [0, 0.05) is 12.1 Å². The van der Waals surface area contributed by atoms with Crippen LogP contribution in [0.25, 0.3) is 0 Å². The molecule has 0 fully saturated rings. The molecular formula is C19H22N2O6. The van der Waals surface area contributed by atoms with Crippen molar-refractivity contribution in [3.05, 3.63) is 55.6 Å². The molecule has 2 N–H and O–H groups in total. The Morgan fingerprint density at radius 2 is 1.41 bits per heavy atom. The van der Waals surface area contributed by atoms with Crippen LogP contribution < -0.4 is 11.3 Å². The summed E-state index contributed by atoms with van der Waals surface area (Å²) in [6.07, 6.45) is 0. The molecule has 0 saturated carbocycles. The molecule has 144 valence electrons.